The molecule has 2 aromatic rings. The zero-order valence-electron chi connectivity index (χ0n) is 19.5. The zero-order valence-corrected chi connectivity index (χ0v) is 19.5. The molecular weight excluding hydrogens is 418 g/mol. The van der Waals surface area contributed by atoms with Crippen molar-refractivity contribution in [2.75, 3.05) is 13.2 Å². The molecule has 1 saturated carbocycles. The summed E-state index contributed by atoms with van der Waals surface area (Å²) in [5, 5.41) is 2.86. The Morgan fingerprint density at radius 3 is 2.18 bits per heavy atom. The Morgan fingerprint density at radius 2 is 1.55 bits per heavy atom. The van der Waals surface area contributed by atoms with Crippen LogP contribution in [0.1, 0.15) is 71.7 Å². The van der Waals surface area contributed by atoms with Crippen molar-refractivity contribution >= 4 is 17.7 Å². The van der Waals surface area contributed by atoms with Crippen LogP contribution < -0.4 is 10.1 Å². The number of aryl methyl sites for hydroxylation is 1. The summed E-state index contributed by atoms with van der Waals surface area (Å²) < 4.78 is 11.2. The summed E-state index contributed by atoms with van der Waals surface area (Å²) in [5.41, 5.74) is 2.37. The fraction of sp³-hybridized carbons (Fsp3) is 0.444. The average Bonchev–Trinajstić information content (AvgIpc) is 2.83. The molecule has 6 heteroatoms. The Labute approximate surface area is 195 Å². The van der Waals surface area contributed by atoms with Gasteiger partial charge in [0.25, 0.3) is 5.91 Å². The molecule has 2 aromatic carbocycles. The van der Waals surface area contributed by atoms with Gasteiger partial charge in [-0.05, 0) is 82.3 Å². The largest absolute Gasteiger partial charge is 0.490 e. The van der Waals surface area contributed by atoms with E-state index in [1.54, 1.807) is 24.3 Å². The van der Waals surface area contributed by atoms with Crippen molar-refractivity contribution in [1.29, 1.82) is 0 Å². The number of hydrogen-bond donors (Lipinski definition) is 1. The molecule has 0 aliphatic heterocycles. The second-order valence-corrected chi connectivity index (χ2v) is 8.52. The van der Waals surface area contributed by atoms with Crippen LogP contribution in [0.25, 0.3) is 0 Å². The van der Waals surface area contributed by atoms with Gasteiger partial charge in [0.1, 0.15) is 5.75 Å². The first-order valence-corrected chi connectivity index (χ1v) is 11.8. The second kappa shape index (κ2) is 12.2. The van der Waals surface area contributed by atoms with E-state index in [1.807, 2.05) is 38.1 Å². The molecule has 1 aliphatic carbocycles. The van der Waals surface area contributed by atoms with Crippen LogP contribution in [0.4, 0.5) is 0 Å². The maximum Gasteiger partial charge on any atom is 0.308 e. The number of esters is 1. The Bertz CT molecular complexity index is 928. The first-order valence-electron chi connectivity index (χ1n) is 11.8. The van der Waals surface area contributed by atoms with Gasteiger partial charge in [-0.2, -0.15) is 0 Å². The van der Waals surface area contributed by atoms with Crippen molar-refractivity contribution < 1.29 is 23.9 Å². The molecule has 1 N–H and O–H groups in total. The van der Waals surface area contributed by atoms with Gasteiger partial charge in [-0.25, -0.2) is 0 Å². The molecule has 0 unspecified atom stereocenters. The highest BCUT2D eigenvalue weighted by Gasteiger charge is 2.28. The van der Waals surface area contributed by atoms with Crippen molar-refractivity contribution in [2.45, 2.75) is 58.5 Å². The fourth-order valence-electron chi connectivity index (χ4n) is 3.99. The highest BCUT2D eigenvalue weighted by Crippen LogP contribution is 2.28. The standard InChI is InChI=1S/C27H33NO5/c1-3-32-27(31)22-12-16-24(17-13-22)33-23-14-10-20(11-15-23)25(29)5-4-18-28-26(30)21-8-6-19(2)7-9-21/h6-11,14-15,22,24H,3-5,12-13,16-18H2,1-2H3,(H,28,30). The first-order chi connectivity index (χ1) is 16.0. The van der Waals surface area contributed by atoms with Gasteiger partial charge >= 0.3 is 5.97 Å². The summed E-state index contributed by atoms with van der Waals surface area (Å²) in [5.74, 6) is 0.526. The second-order valence-electron chi connectivity index (χ2n) is 8.52. The number of amides is 1. The van der Waals surface area contributed by atoms with E-state index in [1.165, 1.54) is 0 Å². The lowest BCUT2D eigenvalue weighted by atomic mass is 9.87. The zero-order chi connectivity index (χ0) is 23.6. The third-order valence-electron chi connectivity index (χ3n) is 5.95. The minimum atomic E-state index is -0.125. The van der Waals surface area contributed by atoms with E-state index in [2.05, 4.69) is 5.32 Å². The van der Waals surface area contributed by atoms with E-state index in [0.29, 0.717) is 37.1 Å². The number of ether oxygens (including phenoxy) is 2. The average molecular weight is 452 g/mol. The Hall–Kier alpha value is -3.15. The van der Waals surface area contributed by atoms with Crippen molar-refractivity contribution in [3.8, 4) is 5.75 Å². The number of nitrogens with one attached hydrogen (secondary N) is 1. The van der Waals surface area contributed by atoms with Crippen LogP contribution in [0.3, 0.4) is 0 Å². The molecule has 1 aliphatic rings. The molecule has 3 rings (SSSR count). The van der Waals surface area contributed by atoms with Crippen LogP contribution in [-0.4, -0.2) is 36.9 Å². The summed E-state index contributed by atoms with van der Waals surface area (Å²) in [7, 11) is 0. The van der Waals surface area contributed by atoms with Crippen LogP contribution in [0, 0.1) is 12.8 Å². The maximum absolute atomic E-state index is 12.5. The molecular formula is C27H33NO5. The van der Waals surface area contributed by atoms with Gasteiger partial charge in [-0.15, -0.1) is 0 Å². The lowest BCUT2D eigenvalue weighted by molar-refractivity contribution is -0.149. The molecule has 1 fully saturated rings. The molecule has 0 aromatic heterocycles. The number of ketones is 1. The maximum atomic E-state index is 12.5. The molecule has 0 radical (unpaired) electrons. The van der Waals surface area contributed by atoms with Crippen LogP contribution in [0.2, 0.25) is 0 Å². The fourth-order valence-corrected chi connectivity index (χ4v) is 3.99. The number of hydrogen-bond acceptors (Lipinski definition) is 5. The van der Waals surface area contributed by atoms with E-state index in [-0.39, 0.29) is 29.7 Å². The van der Waals surface area contributed by atoms with Crippen molar-refractivity contribution in [2.24, 2.45) is 5.92 Å². The number of carbonyl (C=O) groups excluding carboxylic acids is 3. The third kappa shape index (κ3) is 7.45. The van der Waals surface area contributed by atoms with Gasteiger partial charge in [-0.1, -0.05) is 17.7 Å². The van der Waals surface area contributed by atoms with Gasteiger partial charge in [0.15, 0.2) is 5.78 Å². The van der Waals surface area contributed by atoms with E-state index < -0.39 is 0 Å². The summed E-state index contributed by atoms with van der Waals surface area (Å²) >= 11 is 0. The summed E-state index contributed by atoms with van der Waals surface area (Å²) in [6.07, 6.45) is 4.22. The Kier molecular flexibility index (Phi) is 9.04. The summed E-state index contributed by atoms with van der Waals surface area (Å²) in [4.78, 5) is 36.4. The SMILES string of the molecule is CCOC(=O)C1CCC(Oc2ccc(C(=O)CCCNC(=O)c3ccc(C)cc3)cc2)CC1. The predicted molar refractivity (Wildman–Crippen MR) is 127 cm³/mol. The normalized spacial score (nSPS) is 17.8. The minimum absolute atomic E-state index is 0.0218. The van der Waals surface area contributed by atoms with E-state index in [9.17, 15) is 14.4 Å². The number of carbonyl (C=O) groups is 3. The van der Waals surface area contributed by atoms with E-state index in [0.717, 1.165) is 37.0 Å². The first kappa shape index (κ1) is 24.5. The summed E-state index contributed by atoms with van der Waals surface area (Å²) in [6.45, 7) is 4.67. The smallest absolute Gasteiger partial charge is 0.308 e. The van der Waals surface area contributed by atoms with E-state index in [4.69, 9.17) is 9.47 Å². The molecule has 0 spiro atoms. The van der Waals surface area contributed by atoms with Crippen molar-refractivity contribution in [3.63, 3.8) is 0 Å². The monoisotopic (exact) mass is 451 g/mol. The molecule has 0 bridgehead atoms. The topological polar surface area (TPSA) is 81.7 Å². The third-order valence-corrected chi connectivity index (χ3v) is 5.95. The van der Waals surface area contributed by atoms with Gasteiger partial charge < -0.3 is 14.8 Å². The van der Waals surface area contributed by atoms with Crippen molar-refractivity contribution in [1.82, 2.24) is 5.32 Å². The van der Waals surface area contributed by atoms with Gasteiger partial charge in [0.05, 0.1) is 18.6 Å². The minimum Gasteiger partial charge on any atom is -0.490 e. The quantitative estimate of drug-likeness (QED) is 0.316. The lowest BCUT2D eigenvalue weighted by Gasteiger charge is -2.27. The Morgan fingerprint density at radius 1 is 0.909 bits per heavy atom. The number of rotatable bonds is 10. The molecule has 1 amide bonds. The highest BCUT2D eigenvalue weighted by molar-refractivity contribution is 5.96. The summed E-state index contributed by atoms with van der Waals surface area (Å²) in [6, 6.07) is 14.6. The van der Waals surface area contributed by atoms with Gasteiger partial charge in [0.2, 0.25) is 0 Å². The molecule has 6 nitrogen and oxygen atoms in total. The molecule has 176 valence electrons. The molecule has 0 saturated heterocycles. The van der Waals surface area contributed by atoms with E-state index >= 15 is 0 Å². The molecule has 33 heavy (non-hydrogen) atoms. The van der Waals surface area contributed by atoms with Gasteiger partial charge in [-0.3, -0.25) is 14.4 Å². The van der Waals surface area contributed by atoms with Crippen LogP contribution in [0.5, 0.6) is 5.75 Å². The highest BCUT2D eigenvalue weighted by atomic mass is 16.5. The van der Waals surface area contributed by atoms with Crippen LogP contribution >= 0.6 is 0 Å². The van der Waals surface area contributed by atoms with Crippen molar-refractivity contribution in [3.05, 3.63) is 65.2 Å². The number of Topliss-reactive ketones (excluding diaryl/α,β-unsaturated/α-hetero) is 1. The van der Waals surface area contributed by atoms with Gasteiger partial charge in [0, 0.05) is 24.1 Å². The molecule has 0 atom stereocenters. The lowest BCUT2D eigenvalue weighted by Crippen LogP contribution is -2.29. The molecule has 0 heterocycles. The van der Waals surface area contributed by atoms with Crippen LogP contribution in [-0.2, 0) is 9.53 Å². The number of benzene rings is 2. The predicted octanol–water partition coefficient (Wildman–Crippen LogP) is 4.89. The van der Waals surface area contributed by atoms with Crippen LogP contribution in [0.15, 0.2) is 48.5 Å². The Balaban J connectivity index is 1.37.